The highest BCUT2D eigenvalue weighted by Crippen LogP contribution is 2.18. The molecule has 1 heterocycles. The average Bonchev–Trinajstić information content (AvgIpc) is 2.18. The van der Waals surface area contributed by atoms with Gasteiger partial charge in [0.1, 0.15) is 0 Å². The average molecular weight is 278 g/mol. The molecular formula is C13H28ClN3O. The second kappa shape index (κ2) is 7.97. The van der Waals surface area contributed by atoms with Crippen LogP contribution in [0.15, 0.2) is 0 Å². The van der Waals surface area contributed by atoms with Crippen molar-refractivity contribution in [3.63, 3.8) is 0 Å². The van der Waals surface area contributed by atoms with Crippen LogP contribution in [0, 0.1) is 0 Å². The lowest BCUT2D eigenvalue weighted by Gasteiger charge is -2.35. The van der Waals surface area contributed by atoms with E-state index in [9.17, 15) is 4.79 Å². The van der Waals surface area contributed by atoms with Crippen LogP contribution < -0.4 is 11.1 Å². The first-order valence-electron chi connectivity index (χ1n) is 6.67. The van der Waals surface area contributed by atoms with Crippen LogP contribution in [0.3, 0.4) is 0 Å². The molecule has 0 saturated carbocycles. The first-order chi connectivity index (χ1) is 7.92. The standard InChI is InChI=1S/C13H27N3O.ClH/c1-13(2,3)15-12(17)10-16-9-5-4-6-11(16)7-8-14;/h11H,4-10,14H2,1-3H3,(H,15,17);1H. The summed E-state index contributed by atoms with van der Waals surface area (Å²) in [5.74, 6) is 0.126. The molecule has 18 heavy (non-hydrogen) atoms. The molecule has 1 unspecified atom stereocenters. The lowest BCUT2D eigenvalue weighted by molar-refractivity contribution is -0.124. The van der Waals surface area contributed by atoms with Crippen molar-refractivity contribution in [3.8, 4) is 0 Å². The third-order valence-corrected chi connectivity index (χ3v) is 3.11. The Morgan fingerprint density at radius 1 is 1.39 bits per heavy atom. The van der Waals surface area contributed by atoms with Crippen LogP contribution in [0.1, 0.15) is 46.5 Å². The summed E-state index contributed by atoms with van der Waals surface area (Å²) in [6, 6.07) is 0.500. The molecule has 4 nitrogen and oxygen atoms in total. The molecule has 0 bridgehead atoms. The molecule has 0 aromatic carbocycles. The molecule has 5 heteroatoms. The second-order valence-electron chi connectivity index (χ2n) is 6.00. The molecule has 0 aromatic rings. The fourth-order valence-corrected chi connectivity index (χ4v) is 2.43. The molecule has 1 fully saturated rings. The second-order valence-corrected chi connectivity index (χ2v) is 6.00. The number of hydrogen-bond donors (Lipinski definition) is 2. The van der Waals surface area contributed by atoms with Crippen molar-refractivity contribution in [2.24, 2.45) is 5.73 Å². The molecule has 0 aromatic heterocycles. The molecule has 108 valence electrons. The van der Waals surface area contributed by atoms with Gasteiger partial charge in [-0.2, -0.15) is 0 Å². The molecule has 0 spiro atoms. The smallest absolute Gasteiger partial charge is 0.234 e. The Morgan fingerprint density at radius 2 is 2.06 bits per heavy atom. The lowest BCUT2D eigenvalue weighted by atomic mass is 9.99. The number of nitrogens with zero attached hydrogens (tertiary/aromatic N) is 1. The molecule has 3 N–H and O–H groups in total. The summed E-state index contributed by atoms with van der Waals surface area (Å²) in [7, 11) is 0. The SMILES string of the molecule is CC(C)(C)NC(=O)CN1CCCCC1CCN.Cl. The monoisotopic (exact) mass is 277 g/mol. The topological polar surface area (TPSA) is 58.4 Å². The summed E-state index contributed by atoms with van der Waals surface area (Å²) < 4.78 is 0. The van der Waals surface area contributed by atoms with E-state index in [-0.39, 0.29) is 23.9 Å². The minimum atomic E-state index is -0.143. The first-order valence-corrected chi connectivity index (χ1v) is 6.67. The van der Waals surface area contributed by atoms with Crippen LogP contribution in [-0.2, 0) is 4.79 Å². The van der Waals surface area contributed by atoms with Crippen molar-refractivity contribution < 1.29 is 4.79 Å². The van der Waals surface area contributed by atoms with Gasteiger partial charge in [0.2, 0.25) is 5.91 Å². The molecule has 1 saturated heterocycles. The Morgan fingerprint density at radius 3 is 2.61 bits per heavy atom. The Bertz CT molecular complexity index is 251. The van der Waals surface area contributed by atoms with Gasteiger partial charge < -0.3 is 11.1 Å². The van der Waals surface area contributed by atoms with Gasteiger partial charge in [0.25, 0.3) is 0 Å². The molecule has 1 rings (SSSR count). The molecule has 1 atom stereocenters. The van der Waals surface area contributed by atoms with E-state index in [2.05, 4.69) is 10.2 Å². The van der Waals surface area contributed by atoms with Gasteiger partial charge in [0.05, 0.1) is 6.54 Å². The van der Waals surface area contributed by atoms with Crippen molar-refractivity contribution in [2.45, 2.75) is 58.0 Å². The van der Waals surface area contributed by atoms with Crippen LogP contribution in [0.4, 0.5) is 0 Å². The van der Waals surface area contributed by atoms with Gasteiger partial charge in [0, 0.05) is 11.6 Å². The van der Waals surface area contributed by atoms with Crippen molar-refractivity contribution in [3.05, 3.63) is 0 Å². The van der Waals surface area contributed by atoms with Crippen molar-refractivity contribution >= 4 is 18.3 Å². The van der Waals surface area contributed by atoms with Gasteiger partial charge in [-0.05, 0) is 53.1 Å². The van der Waals surface area contributed by atoms with Crippen molar-refractivity contribution in [1.82, 2.24) is 10.2 Å². The molecular weight excluding hydrogens is 250 g/mol. The highest BCUT2D eigenvalue weighted by molar-refractivity contribution is 5.85. The van der Waals surface area contributed by atoms with Gasteiger partial charge >= 0.3 is 0 Å². The zero-order valence-electron chi connectivity index (χ0n) is 11.9. The molecule has 1 aliphatic rings. The largest absolute Gasteiger partial charge is 0.350 e. The Labute approximate surface area is 117 Å². The number of carbonyl (C=O) groups is 1. The van der Waals surface area contributed by atoms with Crippen molar-refractivity contribution in [2.75, 3.05) is 19.6 Å². The zero-order chi connectivity index (χ0) is 12.9. The maximum Gasteiger partial charge on any atom is 0.234 e. The summed E-state index contributed by atoms with van der Waals surface area (Å²) in [6.45, 7) is 8.29. The van der Waals surface area contributed by atoms with Gasteiger partial charge in [-0.25, -0.2) is 0 Å². The van der Waals surface area contributed by atoms with E-state index >= 15 is 0 Å². The number of nitrogens with two attached hydrogens (primary N) is 1. The quantitative estimate of drug-likeness (QED) is 0.819. The molecule has 1 aliphatic heterocycles. The summed E-state index contributed by atoms with van der Waals surface area (Å²) in [5, 5.41) is 3.02. The van der Waals surface area contributed by atoms with E-state index in [1.54, 1.807) is 0 Å². The third-order valence-electron chi connectivity index (χ3n) is 3.11. The summed E-state index contributed by atoms with van der Waals surface area (Å²) in [6.07, 6.45) is 4.65. The third kappa shape index (κ3) is 6.57. The van der Waals surface area contributed by atoms with Gasteiger partial charge in [-0.15, -0.1) is 12.4 Å². The fourth-order valence-electron chi connectivity index (χ4n) is 2.43. The number of piperidine rings is 1. The van der Waals surface area contributed by atoms with Crippen LogP contribution in [-0.4, -0.2) is 42.0 Å². The predicted octanol–water partition coefficient (Wildman–Crippen LogP) is 1.53. The maximum absolute atomic E-state index is 11.9. The van der Waals surface area contributed by atoms with Crippen LogP contribution >= 0.6 is 12.4 Å². The van der Waals surface area contributed by atoms with Crippen LogP contribution in [0.25, 0.3) is 0 Å². The first kappa shape index (κ1) is 17.7. The Hall–Kier alpha value is -0.320. The number of carbonyl (C=O) groups excluding carboxylic acids is 1. The predicted molar refractivity (Wildman–Crippen MR) is 78.0 cm³/mol. The van der Waals surface area contributed by atoms with E-state index in [1.807, 2.05) is 20.8 Å². The summed E-state index contributed by atoms with van der Waals surface area (Å²) in [5.41, 5.74) is 5.48. The van der Waals surface area contributed by atoms with E-state index in [4.69, 9.17) is 5.73 Å². The van der Waals surface area contributed by atoms with Crippen LogP contribution in [0.5, 0.6) is 0 Å². The Balaban J connectivity index is 0.00000289. The number of amides is 1. The van der Waals surface area contributed by atoms with Gasteiger partial charge in [-0.3, -0.25) is 9.69 Å². The molecule has 0 aliphatic carbocycles. The minimum Gasteiger partial charge on any atom is -0.350 e. The molecule has 0 radical (unpaired) electrons. The van der Waals surface area contributed by atoms with Crippen LogP contribution in [0.2, 0.25) is 0 Å². The number of halogens is 1. The van der Waals surface area contributed by atoms with E-state index in [1.165, 1.54) is 19.3 Å². The van der Waals surface area contributed by atoms with E-state index < -0.39 is 0 Å². The van der Waals surface area contributed by atoms with E-state index in [0.717, 1.165) is 13.0 Å². The normalized spacial score (nSPS) is 21.2. The Kier molecular flexibility index (Phi) is 7.83. The van der Waals surface area contributed by atoms with Gasteiger partial charge in [-0.1, -0.05) is 6.42 Å². The number of rotatable bonds is 4. The fraction of sp³-hybridized carbons (Fsp3) is 0.923. The minimum absolute atomic E-state index is 0. The highest BCUT2D eigenvalue weighted by atomic mass is 35.5. The maximum atomic E-state index is 11.9. The van der Waals surface area contributed by atoms with E-state index in [0.29, 0.717) is 19.1 Å². The highest BCUT2D eigenvalue weighted by Gasteiger charge is 2.24. The van der Waals surface area contributed by atoms with Gasteiger partial charge in [0.15, 0.2) is 0 Å². The summed E-state index contributed by atoms with van der Waals surface area (Å²) >= 11 is 0. The molecule has 1 amide bonds. The summed E-state index contributed by atoms with van der Waals surface area (Å²) in [4.78, 5) is 14.2. The number of hydrogen-bond acceptors (Lipinski definition) is 3. The van der Waals surface area contributed by atoms with Crippen molar-refractivity contribution in [1.29, 1.82) is 0 Å². The zero-order valence-corrected chi connectivity index (χ0v) is 12.7. The number of nitrogens with one attached hydrogen (secondary N) is 1. The number of likely N-dealkylation sites (tertiary alicyclic amines) is 1. The lowest BCUT2D eigenvalue weighted by Crippen LogP contribution is -2.50.